The number of rotatable bonds is 5. The molecule has 31 heavy (non-hydrogen) atoms. The van der Waals surface area contributed by atoms with Crippen molar-refractivity contribution in [3.63, 3.8) is 0 Å². The highest BCUT2D eigenvalue weighted by Crippen LogP contribution is 2.68. The zero-order chi connectivity index (χ0) is 21.8. The molecular weight excluding hydrogens is 380 g/mol. The van der Waals surface area contributed by atoms with Crippen molar-refractivity contribution in [1.82, 2.24) is 20.2 Å². The Morgan fingerprint density at radius 3 is 2.52 bits per heavy atom. The van der Waals surface area contributed by atoms with Gasteiger partial charge >= 0.3 is 0 Å². The van der Waals surface area contributed by atoms with E-state index in [0.717, 1.165) is 47.9 Å². The van der Waals surface area contributed by atoms with Crippen molar-refractivity contribution >= 4 is 0 Å². The van der Waals surface area contributed by atoms with E-state index in [1.54, 1.807) is 6.42 Å². The molecule has 2 unspecified atom stereocenters. The first-order valence-corrected chi connectivity index (χ1v) is 13.6. The molecule has 1 aromatic heterocycles. The standard InChI is InChI=1S/C27H46N4/c1-6-7-20-12-14-26(4)21(16-20)8-9-22-24-11-10-23(27(24,5)15-13-25(22)26)18(2)17-31-29-19(3)28-30-31/h18,20-25H,6-17H2,1-5H3/t18-,20-,21+,22-,23+,24?,25?,26-,27+/m0/s1. The normalized spacial score (nSPS) is 45.6. The van der Waals surface area contributed by atoms with E-state index >= 15 is 0 Å². The third-order valence-corrected chi connectivity index (χ3v) is 11.2. The summed E-state index contributed by atoms with van der Waals surface area (Å²) in [6.07, 6.45) is 16.3. The molecule has 0 N–H and O–H groups in total. The topological polar surface area (TPSA) is 43.6 Å². The Kier molecular flexibility index (Phi) is 5.74. The third-order valence-electron chi connectivity index (χ3n) is 11.2. The summed E-state index contributed by atoms with van der Waals surface area (Å²) in [5.74, 6) is 7.23. The molecule has 0 spiro atoms. The molecule has 4 aliphatic rings. The molecule has 0 aromatic carbocycles. The molecule has 0 bridgehead atoms. The SMILES string of the molecule is CCC[C@H]1CC[C@]2(C)C3CC[C@@]4(C)C(CC[C@@H]4[C@@H](C)Cn4nnc(C)n4)[C@@H]3CC[C@@H]2C1. The second kappa shape index (κ2) is 8.13. The maximum absolute atomic E-state index is 4.48. The van der Waals surface area contributed by atoms with Crippen LogP contribution < -0.4 is 0 Å². The van der Waals surface area contributed by atoms with Crippen LogP contribution in [-0.2, 0) is 6.54 Å². The highest BCUT2D eigenvalue weighted by atomic mass is 15.6. The predicted molar refractivity (Wildman–Crippen MR) is 125 cm³/mol. The Balaban J connectivity index is 1.31. The molecule has 1 heterocycles. The quantitative estimate of drug-likeness (QED) is 0.526. The van der Waals surface area contributed by atoms with Crippen molar-refractivity contribution < 1.29 is 0 Å². The summed E-state index contributed by atoms with van der Waals surface area (Å²) in [6.45, 7) is 13.1. The van der Waals surface area contributed by atoms with E-state index < -0.39 is 0 Å². The van der Waals surface area contributed by atoms with Gasteiger partial charge in [0.05, 0.1) is 6.54 Å². The van der Waals surface area contributed by atoms with E-state index in [2.05, 4.69) is 43.1 Å². The van der Waals surface area contributed by atoms with Gasteiger partial charge in [-0.2, -0.15) is 4.80 Å². The number of aryl methyl sites for hydroxylation is 1. The van der Waals surface area contributed by atoms with Gasteiger partial charge in [0, 0.05) is 0 Å². The smallest absolute Gasteiger partial charge is 0.164 e. The molecule has 9 atom stereocenters. The minimum absolute atomic E-state index is 0.527. The summed E-state index contributed by atoms with van der Waals surface area (Å²) in [5, 5.41) is 12.8. The summed E-state index contributed by atoms with van der Waals surface area (Å²) < 4.78 is 0. The molecule has 0 saturated heterocycles. The van der Waals surface area contributed by atoms with Gasteiger partial charge < -0.3 is 0 Å². The summed E-state index contributed by atoms with van der Waals surface area (Å²) >= 11 is 0. The first kappa shape index (κ1) is 21.9. The molecule has 0 radical (unpaired) electrons. The zero-order valence-corrected chi connectivity index (χ0v) is 20.8. The number of hydrogen-bond acceptors (Lipinski definition) is 3. The molecule has 174 valence electrons. The van der Waals surface area contributed by atoms with Crippen LogP contribution in [-0.4, -0.2) is 20.2 Å². The van der Waals surface area contributed by atoms with Gasteiger partial charge in [0.2, 0.25) is 0 Å². The van der Waals surface area contributed by atoms with Crippen molar-refractivity contribution in [1.29, 1.82) is 0 Å². The van der Waals surface area contributed by atoms with Crippen LogP contribution in [0.1, 0.15) is 104 Å². The minimum atomic E-state index is 0.527. The van der Waals surface area contributed by atoms with Crippen LogP contribution in [0.4, 0.5) is 0 Å². The molecule has 4 aliphatic carbocycles. The van der Waals surface area contributed by atoms with Crippen molar-refractivity contribution in [2.75, 3.05) is 0 Å². The lowest BCUT2D eigenvalue weighted by molar-refractivity contribution is -0.122. The van der Waals surface area contributed by atoms with Crippen molar-refractivity contribution in [3.05, 3.63) is 5.82 Å². The Hall–Kier alpha value is -0.930. The number of aromatic nitrogens is 4. The number of tetrazole rings is 1. The Bertz CT molecular complexity index is 773. The first-order valence-electron chi connectivity index (χ1n) is 13.6. The third kappa shape index (κ3) is 3.59. The molecule has 5 rings (SSSR count). The first-order chi connectivity index (χ1) is 14.8. The van der Waals surface area contributed by atoms with Crippen LogP contribution in [0.15, 0.2) is 0 Å². The summed E-state index contributed by atoms with van der Waals surface area (Å²) in [5.41, 5.74) is 1.17. The van der Waals surface area contributed by atoms with Gasteiger partial charge in [0.15, 0.2) is 5.82 Å². The molecule has 4 saturated carbocycles. The van der Waals surface area contributed by atoms with E-state index in [0.29, 0.717) is 16.7 Å². The summed E-state index contributed by atoms with van der Waals surface area (Å²) in [6, 6.07) is 0. The molecule has 1 aromatic rings. The van der Waals surface area contributed by atoms with Crippen molar-refractivity contribution in [2.45, 2.75) is 112 Å². The Morgan fingerprint density at radius 1 is 1.00 bits per heavy atom. The summed E-state index contributed by atoms with van der Waals surface area (Å²) in [4.78, 5) is 1.85. The number of nitrogens with zero attached hydrogens (tertiary/aromatic N) is 4. The second-order valence-electron chi connectivity index (χ2n) is 12.7. The highest BCUT2D eigenvalue weighted by Gasteiger charge is 2.60. The van der Waals surface area contributed by atoms with Gasteiger partial charge in [0.1, 0.15) is 0 Å². The van der Waals surface area contributed by atoms with Gasteiger partial charge in [-0.1, -0.05) is 40.5 Å². The van der Waals surface area contributed by atoms with Crippen LogP contribution in [0, 0.1) is 59.2 Å². The minimum Gasteiger partial charge on any atom is -0.164 e. The predicted octanol–water partition coefficient (Wildman–Crippen LogP) is 6.69. The van der Waals surface area contributed by atoms with Crippen molar-refractivity contribution in [3.8, 4) is 0 Å². The number of hydrogen-bond donors (Lipinski definition) is 0. The Morgan fingerprint density at radius 2 is 1.77 bits per heavy atom. The lowest BCUT2D eigenvalue weighted by Crippen LogP contribution is -2.53. The monoisotopic (exact) mass is 426 g/mol. The van der Waals surface area contributed by atoms with E-state index in [1.807, 2.05) is 11.7 Å². The van der Waals surface area contributed by atoms with E-state index in [4.69, 9.17) is 0 Å². The van der Waals surface area contributed by atoms with Crippen LogP contribution in [0.5, 0.6) is 0 Å². The van der Waals surface area contributed by atoms with Gasteiger partial charge in [-0.05, 0) is 122 Å². The zero-order valence-electron chi connectivity index (χ0n) is 20.8. The molecule has 0 aliphatic heterocycles. The molecular formula is C27H46N4. The fourth-order valence-electron chi connectivity index (χ4n) is 9.78. The van der Waals surface area contributed by atoms with Crippen molar-refractivity contribution in [2.24, 2.45) is 52.3 Å². The van der Waals surface area contributed by atoms with Gasteiger partial charge in [-0.3, -0.25) is 0 Å². The van der Waals surface area contributed by atoms with Gasteiger partial charge in [-0.15, -0.1) is 10.2 Å². The van der Waals surface area contributed by atoms with Crippen LogP contribution in [0.3, 0.4) is 0 Å². The maximum atomic E-state index is 4.48. The highest BCUT2D eigenvalue weighted by molar-refractivity contribution is 5.09. The van der Waals surface area contributed by atoms with E-state index in [9.17, 15) is 0 Å². The van der Waals surface area contributed by atoms with Crippen LogP contribution in [0.25, 0.3) is 0 Å². The fourth-order valence-corrected chi connectivity index (χ4v) is 9.78. The maximum Gasteiger partial charge on any atom is 0.171 e. The Labute approximate surface area is 190 Å². The average molecular weight is 427 g/mol. The molecule has 4 fully saturated rings. The largest absolute Gasteiger partial charge is 0.171 e. The van der Waals surface area contributed by atoms with Crippen LogP contribution >= 0.6 is 0 Å². The number of fused-ring (bicyclic) bond motifs is 5. The average Bonchev–Trinajstić information content (AvgIpc) is 3.30. The lowest BCUT2D eigenvalue weighted by atomic mass is 9.44. The molecule has 4 nitrogen and oxygen atoms in total. The van der Waals surface area contributed by atoms with Crippen LogP contribution in [0.2, 0.25) is 0 Å². The molecule has 0 amide bonds. The van der Waals surface area contributed by atoms with Gasteiger partial charge in [0.25, 0.3) is 0 Å². The molecule has 4 heteroatoms. The fraction of sp³-hybridized carbons (Fsp3) is 0.963. The van der Waals surface area contributed by atoms with E-state index in [-0.39, 0.29) is 0 Å². The van der Waals surface area contributed by atoms with Gasteiger partial charge in [-0.25, -0.2) is 0 Å². The summed E-state index contributed by atoms with van der Waals surface area (Å²) in [7, 11) is 0. The second-order valence-corrected chi connectivity index (χ2v) is 12.7. The lowest BCUT2D eigenvalue weighted by Gasteiger charge is -2.61. The van der Waals surface area contributed by atoms with E-state index in [1.165, 1.54) is 64.2 Å².